The number of benzene rings is 2. The lowest BCUT2D eigenvalue weighted by Crippen LogP contribution is -2.58. The summed E-state index contributed by atoms with van der Waals surface area (Å²) in [7, 11) is 0. The molecular formula is C30H36ClFN4O5. The zero-order valence-corrected chi connectivity index (χ0v) is 24.0. The van der Waals surface area contributed by atoms with Crippen LogP contribution in [0.25, 0.3) is 0 Å². The van der Waals surface area contributed by atoms with Crippen LogP contribution in [0.3, 0.4) is 0 Å². The Labute approximate surface area is 244 Å². The van der Waals surface area contributed by atoms with Crippen molar-refractivity contribution in [2.24, 2.45) is 5.92 Å². The van der Waals surface area contributed by atoms with Crippen molar-refractivity contribution < 1.29 is 28.3 Å². The first-order chi connectivity index (χ1) is 19.7. The van der Waals surface area contributed by atoms with Gasteiger partial charge in [-0.15, -0.1) is 0 Å². The van der Waals surface area contributed by atoms with Gasteiger partial charge in [-0.2, -0.15) is 0 Å². The normalized spacial score (nSPS) is 19.1. The van der Waals surface area contributed by atoms with E-state index in [0.29, 0.717) is 30.7 Å². The Hall–Kier alpha value is -3.50. The lowest BCUT2D eigenvalue weighted by molar-refractivity contribution is -0.134. The molecule has 2 aliphatic heterocycles. The third-order valence-corrected chi connectivity index (χ3v) is 7.88. The third kappa shape index (κ3) is 7.23. The van der Waals surface area contributed by atoms with E-state index in [-0.39, 0.29) is 37.5 Å². The van der Waals surface area contributed by atoms with Gasteiger partial charge in [0.15, 0.2) is 0 Å². The topological polar surface area (TPSA) is 117 Å². The summed E-state index contributed by atoms with van der Waals surface area (Å²) < 4.78 is 17.3. The fourth-order valence-corrected chi connectivity index (χ4v) is 5.54. The van der Waals surface area contributed by atoms with Crippen molar-refractivity contribution in [2.45, 2.75) is 64.2 Å². The van der Waals surface area contributed by atoms with Gasteiger partial charge in [0.2, 0.25) is 23.6 Å². The number of nitrogens with zero attached hydrogens (tertiary/aromatic N) is 1. The quantitative estimate of drug-likeness (QED) is 0.331. The Morgan fingerprint density at radius 3 is 2.66 bits per heavy atom. The maximum Gasteiger partial charge on any atom is 0.250 e. The minimum Gasteiger partial charge on any atom is -0.369 e. The SMILES string of the molecule is CC[C@H](C)[C@H](NC(=O)COCCF)C(=O)N[C@H]1CCc2cccc3c2N(C1=O)[C@H](C(=O)NCc1cccc(Cl)c1)C3. The maximum absolute atomic E-state index is 14.0. The number of carbonyl (C=O) groups excluding carboxylic acids is 4. The number of rotatable bonds is 12. The molecule has 0 aliphatic carbocycles. The maximum atomic E-state index is 14.0. The summed E-state index contributed by atoms with van der Waals surface area (Å²) in [6.07, 6.45) is 1.83. The van der Waals surface area contributed by atoms with E-state index in [2.05, 4.69) is 16.0 Å². The number of carbonyl (C=O) groups is 4. The Balaban J connectivity index is 1.51. The molecular weight excluding hydrogens is 551 g/mol. The minimum absolute atomic E-state index is 0.212. The number of nitrogens with one attached hydrogen (secondary N) is 3. The summed E-state index contributed by atoms with van der Waals surface area (Å²) in [5.74, 6) is -1.94. The molecule has 2 heterocycles. The second-order valence-corrected chi connectivity index (χ2v) is 10.9. The van der Waals surface area contributed by atoms with E-state index < -0.39 is 36.6 Å². The van der Waals surface area contributed by atoms with Crippen molar-refractivity contribution in [1.29, 1.82) is 0 Å². The van der Waals surface area contributed by atoms with Crippen molar-refractivity contribution in [1.82, 2.24) is 16.0 Å². The van der Waals surface area contributed by atoms with Crippen molar-refractivity contribution in [2.75, 3.05) is 24.8 Å². The van der Waals surface area contributed by atoms with Gasteiger partial charge in [-0.1, -0.05) is 62.2 Å². The van der Waals surface area contributed by atoms with Crippen LogP contribution in [-0.2, 0) is 43.3 Å². The van der Waals surface area contributed by atoms with Crippen LogP contribution < -0.4 is 20.9 Å². The molecule has 2 aliphatic rings. The molecule has 2 aromatic rings. The molecule has 0 bridgehead atoms. The average Bonchev–Trinajstić information content (AvgIpc) is 3.30. The molecule has 0 saturated heterocycles. The Kier molecular flexibility index (Phi) is 10.3. The highest BCUT2D eigenvalue weighted by atomic mass is 35.5. The van der Waals surface area contributed by atoms with Crippen LogP contribution in [-0.4, -0.2) is 61.6 Å². The van der Waals surface area contributed by atoms with Crippen molar-refractivity contribution in [3.8, 4) is 0 Å². The molecule has 0 unspecified atom stereocenters. The van der Waals surface area contributed by atoms with Crippen molar-refractivity contribution in [3.63, 3.8) is 0 Å². The zero-order chi connectivity index (χ0) is 29.5. The van der Waals surface area contributed by atoms with Crippen LogP contribution in [0.5, 0.6) is 0 Å². The smallest absolute Gasteiger partial charge is 0.250 e. The summed E-state index contributed by atoms with van der Waals surface area (Å²) >= 11 is 6.08. The van der Waals surface area contributed by atoms with Crippen LogP contribution in [0.4, 0.5) is 10.1 Å². The number of anilines is 1. The van der Waals surface area contributed by atoms with Crippen LogP contribution in [0.1, 0.15) is 43.4 Å². The van der Waals surface area contributed by atoms with E-state index >= 15 is 0 Å². The fraction of sp³-hybridized carbons (Fsp3) is 0.467. The molecule has 220 valence electrons. The zero-order valence-electron chi connectivity index (χ0n) is 23.3. The molecule has 0 saturated carbocycles. The van der Waals surface area contributed by atoms with Crippen LogP contribution in [0, 0.1) is 5.92 Å². The van der Waals surface area contributed by atoms with Gasteiger partial charge in [-0.3, -0.25) is 24.1 Å². The van der Waals surface area contributed by atoms with Gasteiger partial charge in [0, 0.05) is 18.0 Å². The van der Waals surface area contributed by atoms with Crippen molar-refractivity contribution in [3.05, 3.63) is 64.2 Å². The van der Waals surface area contributed by atoms with E-state index in [1.807, 2.05) is 38.1 Å². The fourth-order valence-electron chi connectivity index (χ4n) is 5.33. The molecule has 0 aromatic heterocycles. The van der Waals surface area contributed by atoms with Crippen LogP contribution in [0.2, 0.25) is 5.02 Å². The Morgan fingerprint density at radius 2 is 1.93 bits per heavy atom. The van der Waals surface area contributed by atoms with Gasteiger partial charge in [-0.05, 0) is 47.6 Å². The molecule has 0 spiro atoms. The molecule has 2 aromatic carbocycles. The molecule has 41 heavy (non-hydrogen) atoms. The minimum atomic E-state index is -0.911. The second kappa shape index (κ2) is 13.9. The van der Waals surface area contributed by atoms with Crippen LogP contribution in [0.15, 0.2) is 42.5 Å². The van der Waals surface area contributed by atoms with Gasteiger partial charge in [0.25, 0.3) is 0 Å². The molecule has 4 amide bonds. The summed E-state index contributed by atoms with van der Waals surface area (Å²) in [5.41, 5.74) is 3.41. The van der Waals surface area contributed by atoms with Gasteiger partial charge in [0.05, 0.1) is 12.3 Å². The lowest BCUT2D eigenvalue weighted by Gasteiger charge is -2.30. The molecule has 9 nitrogen and oxygen atoms in total. The highest BCUT2D eigenvalue weighted by molar-refractivity contribution is 6.30. The summed E-state index contributed by atoms with van der Waals surface area (Å²) in [6, 6.07) is 10.4. The first-order valence-electron chi connectivity index (χ1n) is 13.9. The van der Waals surface area contributed by atoms with Gasteiger partial charge in [0.1, 0.15) is 31.4 Å². The summed E-state index contributed by atoms with van der Waals surface area (Å²) in [5, 5.41) is 9.01. The van der Waals surface area contributed by atoms with E-state index in [0.717, 1.165) is 22.4 Å². The number of halogens is 2. The lowest BCUT2D eigenvalue weighted by atomic mass is 9.97. The summed E-state index contributed by atoms with van der Waals surface area (Å²) in [4.78, 5) is 54.7. The molecule has 4 atom stereocenters. The number of hydrogen-bond acceptors (Lipinski definition) is 5. The average molecular weight is 587 g/mol. The van der Waals surface area contributed by atoms with E-state index in [9.17, 15) is 23.6 Å². The van der Waals surface area contributed by atoms with E-state index in [1.165, 1.54) is 4.90 Å². The highest BCUT2D eigenvalue weighted by Gasteiger charge is 2.44. The first kappa shape index (κ1) is 30.5. The van der Waals surface area contributed by atoms with Gasteiger partial charge < -0.3 is 20.7 Å². The molecule has 3 N–H and O–H groups in total. The van der Waals surface area contributed by atoms with Gasteiger partial charge >= 0.3 is 0 Å². The molecule has 4 rings (SSSR count). The number of hydrogen-bond donors (Lipinski definition) is 3. The van der Waals surface area contributed by atoms with Crippen molar-refractivity contribution >= 4 is 40.9 Å². The first-order valence-corrected chi connectivity index (χ1v) is 14.3. The predicted octanol–water partition coefficient (Wildman–Crippen LogP) is 2.86. The molecule has 0 radical (unpaired) electrons. The number of para-hydroxylation sites is 1. The molecule has 11 heteroatoms. The standard InChI is InChI=1S/C30H36ClFN4O5/c1-3-18(2)26(35-25(37)17-41-13-12-32)29(39)34-23-11-10-20-7-5-8-21-15-24(36(27(20)21)30(23)40)28(38)33-16-19-6-4-9-22(31)14-19/h4-9,14,18,23-24,26H,3,10-13,15-17H2,1-2H3,(H,33,38)(H,34,39)(H,35,37)/t18-,23-,24-,26-/m0/s1. The Morgan fingerprint density at radius 1 is 1.17 bits per heavy atom. The largest absolute Gasteiger partial charge is 0.369 e. The van der Waals surface area contributed by atoms with E-state index in [4.69, 9.17) is 16.3 Å². The second-order valence-electron chi connectivity index (χ2n) is 10.5. The number of ether oxygens (including phenoxy) is 1. The molecule has 0 fully saturated rings. The predicted molar refractivity (Wildman–Crippen MR) is 153 cm³/mol. The number of alkyl halides is 1. The third-order valence-electron chi connectivity index (χ3n) is 7.65. The number of aryl methyl sites for hydroxylation is 1. The van der Waals surface area contributed by atoms with Gasteiger partial charge in [-0.25, -0.2) is 4.39 Å². The van der Waals surface area contributed by atoms with Crippen LogP contribution >= 0.6 is 11.6 Å². The monoisotopic (exact) mass is 586 g/mol. The van der Waals surface area contributed by atoms with E-state index in [1.54, 1.807) is 18.2 Å². The summed E-state index contributed by atoms with van der Waals surface area (Å²) in [6.45, 7) is 2.67. The number of amides is 4. The highest BCUT2D eigenvalue weighted by Crippen LogP contribution is 2.39. The Bertz CT molecular complexity index is 1290.